The summed E-state index contributed by atoms with van der Waals surface area (Å²) in [6, 6.07) is 7.16. The number of anilines is 3. The van der Waals surface area contributed by atoms with Crippen LogP contribution in [0.15, 0.2) is 24.3 Å². The van der Waals surface area contributed by atoms with Gasteiger partial charge in [0.1, 0.15) is 5.75 Å². The fourth-order valence-corrected chi connectivity index (χ4v) is 3.36. The van der Waals surface area contributed by atoms with E-state index in [9.17, 15) is 9.59 Å². The van der Waals surface area contributed by atoms with Crippen molar-refractivity contribution in [2.45, 2.75) is 12.8 Å². The molecule has 8 nitrogen and oxygen atoms in total. The van der Waals surface area contributed by atoms with Crippen molar-refractivity contribution in [1.82, 2.24) is 10.2 Å². The average molecular weight is 361 g/mol. The highest BCUT2D eigenvalue weighted by molar-refractivity contribution is 7.19. The van der Waals surface area contributed by atoms with Gasteiger partial charge in [0.25, 0.3) is 0 Å². The van der Waals surface area contributed by atoms with Gasteiger partial charge in [-0.05, 0) is 18.6 Å². The Bertz CT molecular complexity index is 779. The van der Waals surface area contributed by atoms with Crippen molar-refractivity contribution in [2.24, 2.45) is 0 Å². The number of methoxy groups -OCH3 is 1. The van der Waals surface area contributed by atoms with Gasteiger partial charge in [0, 0.05) is 31.8 Å². The number of hydrogen-bond donors (Lipinski definition) is 1. The number of ether oxygens (including phenoxy) is 1. The standard InChI is InChI=1S/C16H19N5O3S/c1-20(10-13(22)17-11-5-3-6-12(9-11)24-2)15-18-19-16(25-15)21-8-4-7-14(21)23/h3,5-6,9H,4,7-8,10H2,1-2H3,(H,17,22). The number of benzene rings is 1. The number of hydrogen-bond acceptors (Lipinski definition) is 7. The van der Waals surface area contributed by atoms with Gasteiger partial charge in [-0.25, -0.2) is 0 Å². The third-order valence-corrected chi connectivity index (χ3v) is 4.83. The van der Waals surface area contributed by atoms with E-state index < -0.39 is 0 Å². The van der Waals surface area contributed by atoms with Crippen LogP contribution in [0.4, 0.5) is 16.0 Å². The summed E-state index contributed by atoms with van der Waals surface area (Å²) in [6.45, 7) is 0.799. The van der Waals surface area contributed by atoms with Crippen LogP contribution in [0.25, 0.3) is 0 Å². The van der Waals surface area contributed by atoms with Crippen molar-refractivity contribution >= 4 is 39.1 Å². The van der Waals surface area contributed by atoms with E-state index in [1.165, 1.54) is 11.3 Å². The molecule has 1 aliphatic heterocycles. The first-order valence-corrected chi connectivity index (χ1v) is 8.67. The minimum atomic E-state index is -0.176. The Kier molecular flexibility index (Phi) is 5.13. The molecular formula is C16H19N5O3S. The number of aromatic nitrogens is 2. The van der Waals surface area contributed by atoms with E-state index in [1.807, 2.05) is 12.1 Å². The summed E-state index contributed by atoms with van der Waals surface area (Å²) in [5, 5.41) is 12.1. The Morgan fingerprint density at radius 3 is 3.00 bits per heavy atom. The number of carbonyl (C=O) groups is 2. The van der Waals surface area contributed by atoms with Crippen molar-refractivity contribution in [3.63, 3.8) is 0 Å². The van der Waals surface area contributed by atoms with E-state index in [0.29, 0.717) is 34.7 Å². The minimum absolute atomic E-state index is 0.0705. The first kappa shape index (κ1) is 17.2. The SMILES string of the molecule is COc1cccc(NC(=O)CN(C)c2nnc(N3CCCC3=O)s2)c1. The predicted molar refractivity (Wildman–Crippen MR) is 96.4 cm³/mol. The monoisotopic (exact) mass is 361 g/mol. The fraction of sp³-hybridized carbons (Fsp3) is 0.375. The Hall–Kier alpha value is -2.68. The highest BCUT2D eigenvalue weighted by Gasteiger charge is 2.25. The quantitative estimate of drug-likeness (QED) is 0.843. The molecule has 0 aliphatic carbocycles. The average Bonchev–Trinajstić information content (AvgIpc) is 3.23. The van der Waals surface area contributed by atoms with Crippen molar-refractivity contribution in [3.8, 4) is 5.75 Å². The Labute approximate surface area is 149 Å². The van der Waals surface area contributed by atoms with Crippen molar-refractivity contribution in [3.05, 3.63) is 24.3 Å². The van der Waals surface area contributed by atoms with Crippen LogP contribution in [0, 0.1) is 0 Å². The normalized spacial score (nSPS) is 13.8. The topological polar surface area (TPSA) is 87.7 Å². The molecule has 0 spiro atoms. The lowest BCUT2D eigenvalue weighted by Crippen LogP contribution is -2.30. The molecule has 1 N–H and O–H groups in total. The Morgan fingerprint density at radius 1 is 1.44 bits per heavy atom. The van der Waals surface area contributed by atoms with Crippen LogP contribution in [0.1, 0.15) is 12.8 Å². The van der Waals surface area contributed by atoms with Crippen LogP contribution in [0.3, 0.4) is 0 Å². The van der Waals surface area contributed by atoms with E-state index in [2.05, 4.69) is 15.5 Å². The highest BCUT2D eigenvalue weighted by Crippen LogP contribution is 2.29. The van der Waals surface area contributed by atoms with Crippen LogP contribution in [-0.2, 0) is 9.59 Å². The third kappa shape index (κ3) is 4.05. The maximum absolute atomic E-state index is 12.2. The molecule has 25 heavy (non-hydrogen) atoms. The van der Waals surface area contributed by atoms with Crippen molar-refractivity contribution in [2.75, 3.05) is 42.4 Å². The van der Waals surface area contributed by atoms with Gasteiger partial charge in [-0.15, -0.1) is 10.2 Å². The molecule has 9 heteroatoms. The highest BCUT2D eigenvalue weighted by atomic mass is 32.1. The van der Waals surface area contributed by atoms with Gasteiger partial charge in [-0.3, -0.25) is 14.5 Å². The summed E-state index contributed by atoms with van der Waals surface area (Å²) in [7, 11) is 3.34. The number of nitrogens with one attached hydrogen (secondary N) is 1. The summed E-state index contributed by atoms with van der Waals surface area (Å²) >= 11 is 1.31. The van der Waals surface area contributed by atoms with Crippen molar-refractivity contribution in [1.29, 1.82) is 0 Å². The van der Waals surface area contributed by atoms with Gasteiger partial charge >= 0.3 is 0 Å². The van der Waals surface area contributed by atoms with Gasteiger partial charge in [-0.1, -0.05) is 17.4 Å². The molecule has 1 aliphatic rings. The minimum Gasteiger partial charge on any atom is -0.497 e. The molecular weight excluding hydrogens is 342 g/mol. The lowest BCUT2D eigenvalue weighted by Gasteiger charge is -2.15. The van der Waals surface area contributed by atoms with Crippen LogP contribution in [0.5, 0.6) is 5.75 Å². The summed E-state index contributed by atoms with van der Waals surface area (Å²) in [5.74, 6) is 0.570. The summed E-state index contributed by atoms with van der Waals surface area (Å²) in [6.07, 6.45) is 1.39. The van der Waals surface area contributed by atoms with E-state index in [0.717, 1.165) is 6.42 Å². The second-order valence-electron chi connectivity index (χ2n) is 5.65. The molecule has 1 aromatic carbocycles. The lowest BCUT2D eigenvalue weighted by molar-refractivity contribution is -0.117. The van der Waals surface area contributed by atoms with Gasteiger partial charge in [0.15, 0.2) is 0 Å². The molecule has 0 saturated carbocycles. The largest absolute Gasteiger partial charge is 0.497 e. The zero-order valence-electron chi connectivity index (χ0n) is 14.1. The molecule has 0 radical (unpaired) electrons. The number of carbonyl (C=O) groups excluding carboxylic acids is 2. The van der Waals surface area contributed by atoms with Crippen LogP contribution < -0.4 is 19.9 Å². The first-order valence-electron chi connectivity index (χ1n) is 7.86. The number of nitrogens with zero attached hydrogens (tertiary/aromatic N) is 4. The molecule has 1 saturated heterocycles. The molecule has 132 valence electrons. The van der Waals surface area contributed by atoms with Crippen molar-refractivity contribution < 1.29 is 14.3 Å². The van der Waals surface area contributed by atoms with Gasteiger partial charge in [0.05, 0.1) is 13.7 Å². The lowest BCUT2D eigenvalue weighted by atomic mass is 10.3. The molecule has 0 atom stereocenters. The zero-order valence-corrected chi connectivity index (χ0v) is 14.9. The summed E-state index contributed by atoms with van der Waals surface area (Å²) in [4.78, 5) is 27.3. The number of likely N-dealkylation sites (N-methyl/N-ethyl adjacent to an activating group) is 1. The second kappa shape index (κ2) is 7.47. The van der Waals surface area contributed by atoms with E-state index >= 15 is 0 Å². The first-order chi connectivity index (χ1) is 12.1. The van der Waals surface area contributed by atoms with Crippen LogP contribution >= 0.6 is 11.3 Å². The molecule has 1 aromatic heterocycles. The van der Waals surface area contributed by atoms with Crippen LogP contribution in [0.2, 0.25) is 0 Å². The van der Waals surface area contributed by atoms with Gasteiger partial charge < -0.3 is 15.0 Å². The maximum Gasteiger partial charge on any atom is 0.243 e. The van der Waals surface area contributed by atoms with E-state index in [-0.39, 0.29) is 18.4 Å². The zero-order chi connectivity index (χ0) is 17.8. The van der Waals surface area contributed by atoms with Gasteiger partial charge in [0.2, 0.25) is 22.1 Å². The molecule has 2 amide bonds. The molecule has 3 rings (SSSR count). The maximum atomic E-state index is 12.2. The number of amides is 2. The number of rotatable bonds is 6. The Morgan fingerprint density at radius 2 is 2.28 bits per heavy atom. The molecule has 0 bridgehead atoms. The second-order valence-corrected chi connectivity index (χ2v) is 6.59. The molecule has 2 heterocycles. The summed E-state index contributed by atoms with van der Waals surface area (Å²) in [5.41, 5.74) is 0.665. The molecule has 0 unspecified atom stereocenters. The van der Waals surface area contributed by atoms with E-state index in [1.54, 1.807) is 36.1 Å². The third-order valence-electron chi connectivity index (χ3n) is 3.77. The molecule has 2 aromatic rings. The summed E-state index contributed by atoms with van der Waals surface area (Å²) < 4.78 is 5.14. The molecule has 1 fully saturated rings. The van der Waals surface area contributed by atoms with Gasteiger partial charge in [-0.2, -0.15) is 0 Å². The smallest absolute Gasteiger partial charge is 0.243 e. The fourth-order valence-electron chi connectivity index (χ4n) is 2.51. The van der Waals surface area contributed by atoms with E-state index in [4.69, 9.17) is 4.74 Å². The predicted octanol–water partition coefficient (Wildman–Crippen LogP) is 1.75. The Balaban J connectivity index is 1.59. The van der Waals surface area contributed by atoms with Crippen LogP contribution in [-0.4, -0.2) is 49.3 Å².